The van der Waals surface area contributed by atoms with Crippen LogP contribution < -0.4 is 10.5 Å². The van der Waals surface area contributed by atoms with Gasteiger partial charge in [0.25, 0.3) is 0 Å². The second-order valence-corrected chi connectivity index (χ2v) is 5.27. The van der Waals surface area contributed by atoms with Crippen molar-refractivity contribution in [2.75, 3.05) is 0 Å². The molecule has 0 bridgehead atoms. The molecular weight excluding hydrogens is 253 g/mol. The molecule has 0 amide bonds. The molecule has 0 radical (unpaired) electrons. The van der Waals surface area contributed by atoms with E-state index in [9.17, 15) is 4.39 Å². The maximum atomic E-state index is 14.0. The summed E-state index contributed by atoms with van der Waals surface area (Å²) in [6.07, 6.45) is 0.771. The van der Waals surface area contributed by atoms with Crippen LogP contribution in [0.2, 0.25) is 0 Å². The van der Waals surface area contributed by atoms with E-state index in [0.29, 0.717) is 11.3 Å². The molecule has 0 heterocycles. The third-order valence-corrected chi connectivity index (χ3v) is 3.19. The maximum absolute atomic E-state index is 14.0. The summed E-state index contributed by atoms with van der Waals surface area (Å²) >= 11 is 0. The van der Waals surface area contributed by atoms with E-state index in [0.717, 1.165) is 17.5 Å². The van der Waals surface area contributed by atoms with E-state index in [1.807, 2.05) is 32.0 Å². The highest BCUT2D eigenvalue weighted by atomic mass is 19.1. The molecule has 0 aromatic heterocycles. The fourth-order valence-electron chi connectivity index (χ4n) is 2.07. The lowest BCUT2D eigenvalue weighted by atomic mass is 10.1. The second-order valence-electron chi connectivity index (χ2n) is 5.27. The number of hydrogen-bond donors (Lipinski definition) is 1. The Hall–Kier alpha value is -1.87. The zero-order valence-electron chi connectivity index (χ0n) is 12.1. The first-order valence-electron chi connectivity index (χ1n) is 6.75. The van der Waals surface area contributed by atoms with Crippen molar-refractivity contribution in [2.45, 2.75) is 33.2 Å². The summed E-state index contributed by atoms with van der Waals surface area (Å²) in [6.45, 7) is 5.63. The lowest BCUT2D eigenvalue weighted by molar-refractivity contribution is 0.437. The molecule has 3 heteroatoms. The number of ether oxygens (including phenoxy) is 1. The number of nitrogens with two attached hydrogens (primary N) is 1. The van der Waals surface area contributed by atoms with Gasteiger partial charge in [-0.3, -0.25) is 0 Å². The Labute approximate surface area is 119 Å². The highest BCUT2D eigenvalue weighted by molar-refractivity contribution is 5.41. The van der Waals surface area contributed by atoms with Crippen LogP contribution >= 0.6 is 0 Å². The average Bonchev–Trinajstić information content (AvgIpc) is 2.38. The van der Waals surface area contributed by atoms with Crippen LogP contribution in [-0.4, -0.2) is 6.04 Å². The Morgan fingerprint density at radius 1 is 1.10 bits per heavy atom. The molecule has 0 spiro atoms. The summed E-state index contributed by atoms with van der Waals surface area (Å²) in [5, 5.41) is 0. The molecule has 20 heavy (non-hydrogen) atoms. The summed E-state index contributed by atoms with van der Waals surface area (Å²) in [6, 6.07) is 11.2. The van der Waals surface area contributed by atoms with Crippen LogP contribution in [0.3, 0.4) is 0 Å². The minimum Gasteiger partial charge on any atom is -0.454 e. The molecular formula is C17H20FNO. The van der Waals surface area contributed by atoms with Crippen LogP contribution in [0.25, 0.3) is 0 Å². The predicted octanol–water partition coefficient (Wildman–Crippen LogP) is 4.12. The zero-order chi connectivity index (χ0) is 14.7. The monoisotopic (exact) mass is 273 g/mol. The minimum absolute atomic E-state index is 0.0845. The first kappa shape index (κ1) is 14.5. The lowest BCUT2D eigenvalue weighted by Gasteiger charge is -2.13. The van der Waals surface area contributed by atoms with Crippen molar-refractivity contribution in [3.63, 3.8) is 0 Å². The Balaban J connectivity index is 2.30. The number of halogens is 1. The molecule has 0 aliphatic rings. The van der Waals surface area contributed by atoms with Gasteiger partial charge in [-0.15, -0.1) is 0 Å². The molecule has 0 aliphatic carbocycles. The van der Waals surface area contributed by atoms with Crippen molar-refractivity contribution in [2.24, 2.45) is 5.73 Å². The van der Waals surface area contributed by atoms with E-state index in [2.05, 4.69) is 0 Å². The number of rotatable bonds is 4. The Bertz CT molecular complexity index is 608. The topological polar surface area (TPSA) is 35.2 Å². The molecule has 2 aromatic rings. The molecule has 0 saturated carbocycles. The summed E-state index contributed by atoms with van der Waals surface area (Å²) in [5.74, 6) is 0.614. The van der Waals surface area contributed by atoms with Crippen LogP contribution in [0.1, 0.15) is 23.6 Å². The van der Waals surface area contributed by atoms with E-state index in [1.54, 1.807) is 25.1 Å². The van der Waals surface area contributed by atoms with Crippen LogP contribution in [0.5, 0.6) is 11.5 Å². The first-order chi connectivity index (χ1) is 9.47. The van der Waals surface area contributed by atoms with Gasteiger partial charge in [-0.05, 0) is 56.0 Å². The predicted molar refractivity (Wildman–Crippen MR) is 79.7 cm³/mol. The maximum Gasteiger partial charge on any atom is 0.168 e. The summed E-state index contributed by atoms with van der Waals surface area (Å²) in [5.41, 5.74) is 8.45. The van der Waals surface area contributed by atoms with Gasteiger partial charge in [0.2, 0.25) is 0 Å². The second kappa shape index (κ2) is 6.06. The van der Waals surface area contributed by atoms with Crippen molar-refractivity contribution >= 4 is 0 Å². The molecule has 2 nitrogen and oxygen atoms in total. The van der Waals surface area contributed by atoms with E-state index >= 15 is 0 Å². The Kier molecular flexibility index (Phi) is 4.40. The number of hydrogen-bond acceptors (Lipinski definition) is 2. The lowest BCUT2D eigenvalue weighted by Crippen LogP contribution is -2.17. The van der Waals surface area contributed by atoms with Crippen molar-refractivity contribution in [1.29, 1.82) is 0 Å². The molecule has 0 fully saturated rings. The van der Waals surface area contributed by atoms with Crippen LogP contribution in [0.15, 0.2) is 36.4 Å². The molecule has 0 saturated heterocycles. The van der Waals surface area contributed by atoms with Crippen LogP contribution in [-0.2, 0) is 6.42 Å². The summed E-state index contributed by atoms with van der Waals surface area (Å²) in [7, 11) is 0. The molecule has 2 rings (SSSR count). The first-order valence-corrected chi connectivity index (χ1v) is 6.75. The van der Waals surface area contributed by atoms with Crippen LogP contribution in [0, 0.1) is 19.7 Å². The Morgan fingerprint density at radius 3 is 2.55 bits per heavy atom. The minimum atomic E-state index is -0.315. The molecule has 1 atom stereocenters. The highest BCUT2D eigenvalue weighted by Gasteiger charge is 2.10. The normalized spacial score (nSPS) is 12.2. The summed E-state index contributed by atoms with van der Waals surface area (Å²) < 4.78 is 19.7. The van der Waals surface area contributed by atoms with Crippen molar-refractivity contribution in [3.05, 3.63) is 58.9 Å². The van der Waals surface area contributed by atoms with E-state index in [4.69, 9.17) is 10.5 Å². The summed E-state index contributed by atoms with van der Waals surface area (Å²) in [4.78, 5) is 0. The third-order valence-electron chi connectivity index (χ3n) is 3.19. The fourth-order valence-corrected chi connectivity index (χ4v) is 2.07. The van der Waals surface area contributed by atoms with E-state index in [-0.39, 0.29) is 17.6 Å². The average molecular weight is 273 g/mol. The molecule has 2 N–H and O–H groups in total. The number of aryl methyl sites for hydroxylation is 2. The molecule has 106 valence electrons. The highest BCUT2D eigenvalue weighted by Crippen LogP contribution is 2.29. The van der Waals surface area contributed by atoms with Crippen LogP contribution in [0.4, 0.5) is 4.39 Å². The fraction of sp³-hybridized carbons (Fsp3) is 0.294. The largest absolute Gasteiger partial charge is 0.454 e. The van der Waals surface area contributed by atoms with Gasteiger partial charge >= 0.3 is 0 Å². The van der Waals surface area contributed by atoms with E-state index in [1.165, 1.54) is 0 Å². The third kappa shape index (κ3) is 3.36. The van der Waals surface area contributed by atoms with Gasteiger partial charge in [-0.1, -0.05) is 24.3 Å². The van der Waals surface area contributed by atoms with Gasteiger partial charge in [0, 0.05) is 6.04 Å². The van der Waals surface area contributed by atoms with Crippen molar-refractivity contribution in [3.8, 4) is 11.5 Å². The quantitative estimate of drug-likeness (QED) is 0.909. The van der Waals surface area contributed by atoms with E-state index < -0.39 is 0 Å². The van der Waals surface area contributed by atoms with Gasteiger partial charge in [-0.2, -0.15) is 0 Å². The SMILES string of the molecule is Cc1ccc(CC(C)N)cc1Oc1cccc(C)c1F. The molecule has 0 aliphatic heterocycles. The van der Waals surface area contributed by atoms with Crippen molar-refractivity contribution < 1.29 is 9.13 Å². The van der Waals surface area contributed by atoms with Crippen molar-refractivity contribution in [1.82, 2.24) is 0 Å². The van der Waals surface area contributed by atoms with Gasteiger partial charge in [-0.25, -0.2) is 4.39 Å². The zero-order valence-corrected chi connectivity index (χ0v) is 12.1. The number of benzene rings is 2. The molecule has 2 aromatic carbocycles. The van der Waals surface area contributed by atoms with Gasteiger partial charge < -0.3 is 10.5 Å². The van der Waals surface area contributed by atoms with Gasteiger partial charge in [0.1, 0.15) is 5.75 Å². The standard InChI is InChI=1S/C17H20FNO/c1-11-7-8-14(9-13(3)19)10-16(11)20-15-6-4-5-12(2)17(15)18/h4-8,10,13H,9,19H2,1-3H3. The smallest absolute Gasteiger partial charge is 0.168 e. The van der Waals surface area contributed by atoms with Gasteiger partial charge in [0.05, 0.1) is 0 Å². The Morgan fingerprint density at radius 2 is 1.85 bits per heavy atom. The van der Waals surface area contributed by atoms with Gasteiger partial charge in [0.15, 0.2) is 11.6 Å². The molecule has 1 unspecified atom stereocenters.